The molecule has 0 atom stereocenters. The Labute approximate surface area is 171 Å². The summed E-state index contributed by atoms with van der Waals surface area (Å²) in [7, 11) is 1.56. The van der Waals surface area contributed by atoms with Gasteiger partial charge in [0.2, 0.25) is 11.8 Å². The predicted molar refractivity (Wildman–Crippen MR) is 108 cm³/mol. The molecule has 0 saturated carbocycles. The molecular formula is C20H31N3O6. The van der Waals surface area contributed by atoms with E-state index in [-0.39, 0.29) is 31.4 Å². The number of carbonyl (C=O) groups is 3. The molecular weight excluding hydrogens is 378 g/mol. The van der Waals surface area contributed by atoms with Crippen LogP contribution in [-0.2, 0) is 30.3 Å². The fourth-order valence-corrected chi connectivity index (χ4v) is 2.14. The summed E-state index contributed by atoms with van der Waals surface area (Å²) in [5, 5.41) is 8.04. The Morgan fingerprint density at radius 1 is 1.03 bits per heavy atom. The number of hydrogen-bond donors (Lipinski definition) is 3. The quantitative estimate of drug-likeness (QED) is 0.480. The molecule has 9 heteroatoms. The number of ether oxygens (including phenoxy) is 3. The molecule has 0 aliphatic carbocycles. The van der Waals surface area contributed by atoms with Crippen molar-refractivity contribution in [3.8, 4) is 0 Å². The summed E-state index contributed by atoms with van der Waals surface area (Å²) in [6.45, 7) is 6.50. The van der Waals surface area contributed by atoms with Crippen LogP contribution in [0.4, 0.5) is 10.5 Å². The van der Waals surface area contributed by atoms with Crippen LogP contribution in [0, 0.1) is 0 Å². The van der Waals surface area contributed by atoms with Crippen molar-refractivity contribution in [2.24, 2.45) is 0 Å². The number of amides is 3. The first-order chi connectivity index (χ1) is 13.7. The van der Waals surface area contributed by atoms with Crippen molar-refractivity contribution in [1.82, 2.24) is 10.6 Å². The molecule has 1 rings (SSSR count). The molecule has 29 heavy (non-hydrogen) atoms. The highest BCUT2D eigenvalue weighted by atomic mass is 16.6. The molecule has 0 aromatic heterocycles. The van der Waals surface area contributed by atoms with Crippen LogP contribution in [0.25, 0.3) is 0 Å². The van der Waals surface area contributed by atoms with Gasteiger partial charge in [-0.1, -0.05) is 12.1 Å². The molecule has 0 saturated heterocycles. The first-order valence-corrected chi connectivity index (χ1v) is 9.38. The lowest BCUT2D eigenvalue weighted by molar-refractivity contribution is -0.121. The van der Waals surface area contributed by atoms with Gasteiger partial charge >= 0.3 is 6.09 Å². The maximum Gasteiger partial charge on any atom is 0.407 e. The van der Waals surface area contributed by atoms with E-state index in [2.05, 4.69) is 16.0 Å². The number of hydrogen-bond acceptors (Lipinski definition) is 6. The SMILES string of the molecule is COCCOCC(=O)Nc1cccc(CNC(=O)CCNC(=O)OC(C)(C)C)c1. The van der Waals surface area contributed by atoms with Crippen LogP contribution >= 0.6 is 0 Å². The lowest BCUT2D eigenvalue weighted by atomic mass is 10.2. The van der Waals surface area contributed by atoms with E-state index in [1.807, 2.05) is 6.07 Å². The van der Waals surface area contributed by atoms with Gasteiger partial charge in [-0.05, 0) is 38.5 Å². The van der Waals surface area contributed by atoms with E-state index >= 15 is 0 Å². The maximum atomic E-state index is 11.9. The monoisotopic (exact) mass is 409 g/mol. The van der Waals surface area contributed by atoms with Gasteiger partial charge in [0.1, 0.15) is 12.2 Å². The van der Waals surface area contributed by atoms with E-state index in [9.17, 15) is 14.4 Å². The predicted octanol–water partition coefficient (Wildman–Crippen LogP) is 1.82. The average molecular weight is 409 g/mol. The van der Waals surface area contributed by atoms with E-state index in [0.29, 0.717) is 25.4 Å². The largest absolute Gasteiger partial charge is 0.444 e. The van der Waals surface area contributed by atoms with Gasteiger partial charge in [-0.3, -0.25) is 9.59 Å². The summed E-state index contributed by atoms with van der Waals surface area (Å²) >= 11 is 0. The van der Waals surface area contributed by atoms with E-state index in [1.54, 1.807) is 46.1 Å². The van der Waals surface area contributed by atoms with Gasteiger partial charge < -0.3 is 30.2 Å². The highest BCUT2D eigenvalue weighted by Gasteiger charge is 2.15. The third kappa shape index (κ3) is 12.4. The molecule has 9 nitrogen and oxygen atoms in total. The molecule has 1 aromatic carbocycles. The number of nitrogens with one attached hydrogen (secondary N) is 3. The molecule has 0 aliphatic heterocycles. The Balaban J connectivity index is 2.32. The Bertz CT molecular complexity index is 672. The van der Waals surface area contributed by atoms with Gasteiger partial charge in [0.15, 0.2) is 0 Å². The van der Waals surface area contributed by atoms with E-state index in [4.69, 9.17) is 14.2 Å². The number of carbonyl (C=O) groups excluding carboxylic acids is 3. The second kappa shape index (κ2) is 12.7. The molecule has 0 heterocycles. The number of rotatable bonds is 11. The van der Waals surface area contributed by atoms with Crippen LogP contribution < -0.4 is 16.0 Å². The molecule has 3 amide bonds. The highest BCUT2D eigenvalue weighted by molar-refractivity contribution is 5.91. The first-order valence-electron chi connectivity index (χ1n) is 9.38. The molecule has 0 fully saturated rings. The molecule has 3 N–H and O–H groups in total. The number of alkyl carbamates (subject to hydrolysis) is 1. The topological polar surface area (TPSA) is 115 Å². The molecule has 0 aliphatic rings. The third-order valence-corrected chi connectivity index (χ3v) is 3.39. The van der Waals surface area contributed by atoms with E-state index < -0.39 is 11.7 Å². The second-order valence-electron chi connectivity index (χ2n) is 7.25. The standard InChI is InChI=1S/C20H31N3O6/c1-20(2,3)29-19(26)21-9-8-17(24)22-13-15-6-5-7-16(12-15)23-18(25)14-28-11-10-27-4/h5-7,12H,8-11,13-14H2,1-4H3,(H,21,26)(H,22,24)(H,23,25). The Morgan fingerprint density at radius 3 is 2.48 bits per heavy atom. The zero-order valence-corrected chi connectivity index (χ0v) is 17.5. The van der Waals surface area contributed by atoms with Crippen molar-refractivity contribution in [3.63, 3.8) is 0 Å². The maximum absolute atomic E-state index is 11.9. The molecule has 0 bridgehead atoms. The molecule has 162 valence electrons. The van der Waals surface area contributed by atoms with Crippen molar-refractivity contribution in [1.29, 1.82) is 0 Å². The zero-order valence-electron chi connectivity index (χ0n) is 17.5. The fourth-order valence-electron chi connectivity index (χ4n) is 2.14. The first kappa shape index (κ1) is 24.4. The lowest BCUT2D eigenvalue weighted by Gasteiger charge is -2.19. The van der Waals surface area contributed by atoms with Crippen LogP contribution in [0.3, 0.4) is 0 Å². The van der Waals surface area contributed by atoms with Gasteiger partial charge in [0, 0.05) is 32.3 Å². The lowest BCUT2D eigenvalue weighted by Crippen LogP contribution is -2.35. The highest BCUT2D eigenvalue weighted by Crippen LogP contribution is 2.10. The van der Waals surface area contributed by atoms with Crippen molar-refractivity contribution < 1.29 is 28.6 Å². The van der Waals surface area contributed by atoms with Crippen LogP contribution in [-0.4, -0.2) is 57.0 Å². The fraction of sp³-hybridized carbons (Fsp3) is 0.550. The summed E-state index contributed by atoms with van der Waals surface area (Å²) in [6, 6.07) is 7.15. The smallest absolute Gasteiger partial charge is 0.407 e. The Kier molecular flexibility index (Phi) is 10.7. The van der Waals surface area contributed by atoms with Crippen molar-refractivity contribution in [2.45, 2.75) is 39.3 Å². The summed E-state index contributed by atoms with van der Waals surface area (Å²) in [4.78, 5) is 35.3. The van der Waals surface area contributed by atoms with E-state index in [0.717, 1.165) is 5.56 Å². The zero-order chi connectivity index (χ0) is 21.7. The minimum atomic E-state index is -0.581. The minimum Gasteiger partial charge on any atom is -0.444 e. The number of benzene rings is 1. The summed E-state index contributed by atoms with van der Waals surface area (Å²) in [5.74, 6) is -0.474. The normalized spacial score (nSPS) is 10.9. The van der Waals surface area contributed by atoms with E-state index in [1.165, 1.54) is 0 Å². The van der Waals surface area contributed by atoms with Gasteiger partial charge in [-0.2, -0.15) is 0 Å². The van der Waals surface area contributed by atoms with Crippen molar-refractivity contribution >= 4 is 23.6 Å². The summed E-state index contributed by atoms with van der Waals surface area (Å²) in [5.41, 5.74) is 0.864. The molecule has 1 aromatic rings. The van der Waals surface area contributed by atoms with Crippen LogP contribution in [0.15, 0.2) is 24.3 Å². The Morgan fingerprint density at radius 2 is 1.79 bits per heavy atom. The third-order valence-electron chi connectivity index (χ3n) is 3.39. The molecule has 0 unspecified atom stereocenters. The van der Waals surface area contributed by atoms with Crippen LogP contribution in [0.2, 0.25) is 0 Å². The average Bonchev–Trinajstić information content (AvgIpc) is 2.62. The van der Waals surface area contributed by atoms with Gasteiger partial charge in [0.25, 0.3) is 0 Å². The Hall–Kier alpha value is -2.65. The summed E-state index contributed by atoms with van der Waals surface area (Å²) < 4.78 is 15.1. The van der Waals surface area contributed by atoms with Gasteiger partial charge in [-0.15, -0.1) is 0 Å². The summed E-state index contributed by atoms with van der Waals surface area (Å²) in [6.07, 6.45) is -0.422. The number of anilines is 1. The molecule has 0 radical (unpaired) electrons. The van der Waals surface area contributed by atoms with Crippen molar-refractivity contribution in [2.75, 3.05) is 38.8 Å². The van der Waals surface area contributed by atoms with Gasteiger partial charge in [0.05, 0.1) is 13.2 Å². The van der Waals surface area contributed by atoms with Crippen LogP contribution in [0.5, 0.6) is 0 Å². The second-order valence-corrected chi connectivity index (χ2v) is 7.25. The van der Waals surface area contributed by atoms with Crippen LogP contribution in [0.1, 0.15) is 32.8 Å². The minimum absolute atomic E-state index is 0.0605. The number of methoxy groups -OCH3 is 1. The molecule has 0 spiro atoms. The van der Waals surface area contributed by atoms with Gasteiger partial charge in [-0.25, -0.2) is 4.79 Å². The van der Waals surface area contributed by atoms with Crippen molar-refractivity contribution in [3.05, 3.63) is 29.8 Å².